The molecule has 0 saturated carbocycles. The zero-order valence-electron chi connectivity index (χ0n) is 14.5. The maximum Gasteiger partial charge on any atom is 0.225 e. The predicted molar refractivity (Wildman–Crippen MR) is 109 cm³/mol. The number of nitrogens with zero attached hydrogens (tertiary/aromatic N) is 1. The first-order valence-electron chi connectivity index (χ1n) is 8.16. The lowest BCUT2D eigenvalue weighted by atomic mass is 9.87. The fourth-order valence-electron chi connectivity index (χ4n) is 2.84. The van der Waals surface area contributed by atoms with Gasteiger partial charge in [-0.2, -0.15) is 5.26 Å². The number of hydrogen-bond acceptors (Lipinski definition) is 4. The second-order valence-corrected chi connectivity index (χ2v) is 7.79. The Morgan fingerprint density at radius 3 is 2.63 bits per heavy atom. The van der Waals surface area contributed by atoms with Crippen LogP contribution in [0.5, 0.6) is 5.75 Å². The zero-order chi connectivity index (χ0) is 19.4. The molecule has 1 aliphatic rings. The van der Waals surface area contributed by atoms with Crippen molar-refractivity contribution in [3.05, 3.63) is 74.2 Å². The highest BCUT2D eigenvalue weighted by molar-refractivity contribution is 8.02. The van der Waals surface area contributed by atoms with E-state index in [2.05, 4.69) is 11.4 Å². The maximum absolute atomic E-state index is 12.2. The Hall–Kier alpha value is -2.13. The Bertz CT molecular complexity index is 936. The van der Waals surface area contributed by atoms with Crippen LogP contribution in [0.2, 0.25) is 10.0 Å². The summed E-state index contributed by atoms with van der Waals surface area (Å²) >= 11 is 13.5. The number of amides is 1. The highest BCUT2D eigenvalue weighted by Crippen LogP contribution is 2.38. The number of nitriles is 1. The van der Waals surface area contributed by atoms with E-state index in [-0.39, 0.29) is 18.2 Å². The standard InChI is InChI=1S/C20H16Cl2N2O2S/c1-26-15-6-3-12(4-7-15)16-9-19(25)24-20(17(16)10-23)27-11-13-2-5-14(21)8-18(13)22/h2-8,16H,9,11H2,1H3,(H,24,25)/t16-/m0/s1. The lowest BCUT2D eigenvalue weighted by Crippen LogP contribution is -2.30. The van der Waals surface area contributed by atoms with E-state index in [1.165, 1.54) is 11.8 Å². The average Bonchev–Trinajstić information content (AvgIpc) is 2.67. The quantitative estimate of drug-likeness (QED) is 0.717. The molecule has 0 aliphatic carbocycles. The van der Waals surface area contributed by atoms with Gasteiger partial charge in [0.05, 0.1) is 23.8 Å². The molecule has 1 aliphatic heterocycles. The Morgan fingerprint density at radius 2 is 2.00 bits per heavy atom. The van der Waals surface area contributed by atoms with Crippen LogP contribution in [0.15, 0.2) is 53.1 Å². The molecule has 2 aromatic rings. The Balaban J connectivity index is 1.87. The zero-order valence-corrected chi connectivity index (χ0v) is 16.8. The van der Waals surface area contributed by atoms with Crippen LogP contribution in [0.4, 0.5) is 0 Å². The molecule has 0 aromatic heterocycles. The molecule has 4 nitrogen and oxygen atoms in total. The van der Waals surface area contributed by atoms with Gasteiger partial charge < -0.3 is 10.1 Å². The third kappa shape index (κ3) is 4.59. The van der Waals surface area contributed by atoms with E-state index >= 15 is 0 Å². The average molecular weight is 419 g/mol. The highest BCUT2D eigenvalue weighted by Gasteiger charge is 2.29. The summed E-state index contributed by atoms with van der Waals surface area (Å²) in [7, 11) is 1.60. The van der Waals surface area contributed by atoms with Crippen molar-refractivity contribution in [2.45, 2.75) is 18.1 Å². The maximum atomic E-state index is 12.2. The molecule has 0 fully saturated rings. The van der Waals surface area contributed by atoms with Gasteiger partial charge in [-0.15, -0.1) is 11.8 Å². The van der Waals surface area contributed by atoms with E-state index < -0.39 is 0 Å². The van der Waals surface area contributed by atoms with E-state index in [9.17, 15) is 10.1 Å². The molecule has 0 unspecified atom stereocenters. The van der Waals surface area contributed by atoms with E-state index in [1.807, 2.05) is 30.3 Å². The van der Waals surface area contributed by atoms with Gasteiger partial charge >= 0.3 is 0 Å². The van der Waals surface area contributed by atoms with Crippen LogP contribution < -0.4 is 10.1 Å². The van der Waals surface area contributed by atoms with Gasteiger partial charge in [-0.25, -0.2) is 0 Å². The number of benzene rings is 2. The van der Waals surface area contributed by atoms with Crippen molar-refractivity contribution in [2.75, 3.05) is 7.11 Å². The lowest BCUT2D eigenvalue weighted by molar-refractivity contribution is -0.120. The van der Waals surface area contributed by atoms with Gasteiger partial charge in [-0.1, -0.05) is 41.4 Å². The number of allylic oxidation sites excluding steroid dienone is 1. The molecule has 138 valence electrons. The van der Waals surface area contributed by atoms with Crippen LogP contribution in [0.3, 0.4) is 0 Å². The van der Waals surface area contributed by atoms with Crippen molar-refractivity contribution in [3.63, 3.8) is 0 Å². The monoisotopic (exact) mass is 418 g/mol. The van der Waals surface area contributed by atoms with Crippen LogP contribution in [0.25, 0.3) is 0 Å². The number of methoxy groups -OCH3 is 1. The molecule has 0 saturated heterocycles. The fourth-order valence-corrected chi connectivity index (χ4v) is 4.48. The Kier molecular flexibility index (Phi) is 6.33. The van der Waals surface area contributed by atoms with Gasteiger partial charge in [0, 0.05) is 28.1 Å². The molecule has 27 heavy (non-hydrogen) atoms. The number of carbonyl (C=O) groups excluding carboxylic acids is 1. The minimum absolute atomic E-state index is 0.112. The summed E-state index contributed by atoms with van der Waals surface area (Å²) in [4.78, 5) is 12.2. The summed E-state index contributed by atoms with van der Waals surface area (Å²) < 4.78 is 5.18. The first-order valence-corrected chi connectivity index (χ1v) is 9.90. The minimum atomic E-state index is -0.280. The fraction of sp³-hybridized carbons (Fsp3) is 0.200. The molecular weight excluding hydrogens is 403 g/mol. The topological polar surface area (TPSA) is 62.1 Å². The van der Waals surface area contributed by atoms with E-state index in [4.69, 9.17) is 27.9 Å². The number of halogens is 2. The number of hydrogen-bond donors (Lipinski definition) is 1. The van der Waals surface area contributed by atoms with Crippen molar-refractivity contribution in [1.29, 1.82) is 5.26 Å². The largest absolute Gasteiger partial charge is 0.497 e. The van der Waals surface area contributed by atoms with Gasteiger partial charge in [0.2, 0.25) is 5.91 Å². The van der Waals surface area contributed by atoms with Crippen molar-refractivity contribution in [1.82, 2.24) is 5.32 Å². The van der Waals surface area contributed by atoms with Crippen LogP contribution in [-0.2, 0) is 10.5 Å². The summed E-state index contributed by atoms with van der Waals surface area (Å²) in [6.07, 6.45) is 0.237. The third-order valence-corrected chi connectivity index (χ3v) is 5.91. The van der Waals surface area contributed by atoms with Crippen molar-refractivity contribution in [3.8, 4) is 11.8 Å². The summed E-state index contributed by atoms with van der Waals surface area (Å²) in [5.74, 6) is 0.859. The summed E-state index contributed by atoms with van der Waals surface area (Å²) in [5.41, 5.74) is 2.34. The van der Waals surface area contributed by atoms with E-state index in [0.29, 0.717) is 26.4 Å². The predicted octanol–water partition coefficient (Wildman–Crippen LogP) is 5.27. The molecule has 1 atom stereocenters. The van der Waals surface area contributed by atoms with E-state index in [0.717, 1.165) is 16.9 Å². The molecular formula is C20H16Cl2N2O2S. The van der Waals surface area contributed by atoms with Gasteiger partial charge in [0.25, 0.3) is 0 Å². The molecule has 7 heteroatoms. The normalized spacial score (nSPS) is 16.7. The van der Waals surface area contributed by atoms with Gasteiger partial charge in [0.1, 0.15) is 5.75 Å². The summed E-state index contributed by atoms with van der Waals surface area (Å²) in [6, 6.07) is 15.0. The third-order valence-electron chi connectivity index (χ3n) is 4.26. The first kappa shape index (κ1) is 19.6. The summed E-state index contributed by atoms with van der Waals surface area (Å²) in [6.45, 7) is 0. The second kappa shape index (κ2) is 8.71. The number of rotatable bonds is 5. The number of ether oxygens (including phenoxy) is 1. The molecule has 3 rings (SSSR count). The summed E-state index contributed by atoms with van der Waals surface area (Å²) in [5, 5.41) is 14.2. The van der Waals surface area contributed by atoms with Gasteiger partial charge in [-0.3, -0.25) is 4.79 Å². The van der Waals surface area contributed by atoms with Crippen LogP contribution in [0.1, 0.15) is 23.5 Å². The van der Waals surface area contributed by atoms with Crippen molar-refractivity contribution >= 4 is 40.9 Å². The van der Waals surface area contributed by atoms with Crippen LogP contribution in [-0.4, -0.2) is 13.0 Å². The number of carbonyl (C=O) groups is 1. The molecule has 0 radical (unpaired) electrons. The van der Waals surface area contributed by atoms with Crippen LogP contribution in [0, 0.1) is 11.3 Å². The number of nitrogens with one attached hydrogen (secondary N) is 1. The van der Waals surface area contributed by atoms with Crippen molar-refractivity contribution < 1.29 is 9.53 Å². The molecule has 2 aromatic carbocycles. The first-order chi connectivity index (χ1) is 13.0. The lowest BCUT2D eigenvalue weighted by Gasteiger charge is -2.25. The smallest absolute Gasteiger partial charge is 0.225 e. The molecule has 1 heterocycles. The SMILES string of the molecule is COc1ccc([C@@H]2CC(=O)NC(SCc3ccc(Cl)cc3Cl)=C2C#N)cc1. The minimum Gasteiger partial charge on any atom is -0.497 e. The highest BCUT2D eigenvalue weighted by atomic mass is 35.5. The van der Waals surface area contributed by atoms with Crippen LogP contribution >= 0.6 is 35.0 Å². The molecule has 1 N–H and O–H groups in total. The second-order valence-electron chi connectivity index (χ2n) is 5.96. The van der Waals surface area contributed by atoms with Crippen molar-refractivity contribution in [2.24, 2.45) is 0 Å². The van der Waals surface area contributed by atoms with Gasteiger partial charge in [0.15, 0.2) is 0 Å². The Morgan fingerprint density at radius 1 is 1.26 bits per heavy atom. The van der Waals surface area contributed by atoms with Gasteiger partial charge in [-0.05, 0) is 35.4 Å². The molecule has 0 spiro atoms. The number of thioether (sulfide) groups is 1. The Labute approximate surface area is 172 Å². The van der Waals surface area contributed by atoms with E-state index in [1.54, 1.807) is 19.2 Å². The molecule has 0 bridgehead atoms. The molecule has 1 amide bonds.